The Morgan fingerprint density at radius 2 is 2.00 bits per heavy atom. The lowest BCUT2D eigenvalue weighted by Crippen LogP contribution is -2.23. The molecule has 22 heavy (non-hydrogen) atoms. The molecule has 1 aliphatic heterocycles. The van der Waals surface area contributed by atoms with Crippen molar-refractivity contribution in [3.8, 4) is 5.75 Å². The zero-order valence-corrected chi connectivity index (χ0v) is 14.2. The summed E-state index contributed by atoms with van der Waals surface area (Å²) in [6.45, 7) is 10.2. The number of carbonyl (C=O) groups excluding carboxylic acids is 1. The van der Waals surface area contributed by atoms with Crippen LogP contribution in [0, 0.1) is 0 Å². The van der Waals surface area contributed by atoms with Crippen LogP contribution in [0.3, 0.4) is 0 Å². The average molecular weight is 303 g/mol. The molecule has 1 fully saturated rings. The van der Waals surface area contributed by atoms with Crippen molar-refractivity contribution in [1.29, 1.82) is 0 Å². The molecule has 0 spiro atoms. The van der Waals surface area contributed by atoms with Gasteiger partial charge in [0.05, 0.1) is 12.2 Å². The maximum atomic E-state index is 12.7. The smallest absolute Gasteiger partial charge is 0.167 e. The Hall–Kier alpha value is -1.35. The van der Waals surface area contributed by atoms with Crippen molar-refractivity contribution in [3.05, 3.63) is 29.3 Å². The van der Waals surface area contributed by atoms with Gasteiger partial charge in [0.15, 0.2) is 5.78 Å². The molecule has 0 atom stereocenters. The maximum absolute atomic E-state index is 12.7. The molecule has 1 aromatic rings. The second kappa shape index (κ2) is 8.33. The van der Waals surface area contributed by atoms with Crippen LogP contribution in [-0.2, 0) is 0 Å². The normalized spacial score (nSPS) is 15.5. The van der Waals surface area contributed by atoms with E-state index in [4.69, 9.17) is 4.74 Å². The highest BCUT2D eigenvalue weighted by Crippen LogP contribution is 2.26. The van der Waals surface area contributed by atoms with Crippen LogP contribution in [0.5, 0.6) is 5.75 Å². The van der Waals surface area contributed by atoms with Gasteiger partial charge in [-0.2, -0.15) is 0 Å². The number of ketones is 1. The van der Waals surface area contributed by atoms with E-state index in [2.05, 4.69) is 31.7 Å². The highest BCUT2D eigenvalue weighted by Gasteiger charge is 2.17. The topological polar surface area (TPSA) is 29.5 Å². The van der Waals surface area contributed by atoms with E-state index in [0.29, 0.717) is 18.9 Å². The van der Waals surface area contributed by atoms with E-state index in [-0.39, 0.29) is 5.78 Å². The fraction of sp³-hybridized carbons (Fsp3) is 0.632. The third-order valence-corrected chi connectivity index (χ3v) is 4.29. The lowest BCUT2D eigenvalue weighted by atomic mass is 9.97. The molecule has 3 nitrogen and oxygen atoms in total. The lowest BCUT2D eigenvalue weighted by Gasteiger charge is -2.16. The van der Waals surface area contributed by atoms with Crippen molar-refractivity contribution in [2.45, 2.75) is 52.4 Å². The monoisotopic (exact) mass is 303 g/mol. The zero-order valence-electron chi connectivity index (χ0n) is 14.2. The van der Waals surface area contributed by atoms with Crippen LogP contribution in [0.15, 0.2) is 18.2 Å². The first-order chi connectivity index (χ1) is 10.6. The Balaban J connectivity index is 2.09. The zero-order chi connectivity index (χ0) is 15.9. The number of carbonyl (C=O) groups is 1. The molecule has 3 heteroatoms. The molecular weight excluding hydrogens is 274 g/mol. The number of benzene rings is 1. The minimum atomic E-state index is 0.209. The first-order valence-electron chi connectivity index (χ1n) is 8.64. The van der Waals surface area contributed by atoms with E-state index in [1.807, 2.05) is 12.1 Å². The van der Waals surface area contributed by atoms with Crippen LogP contribution in [0.1, 0.15) is 68.3 Å². The van der Waals surface area contributed by atoms with Crippen LogP contribution in [0.25, 0.3) is 0 Å². The second-order valence-corrected chi connectivity index (χ2v) is 6.48. The van der Waals surface area contributed by atoms with Crippen LogP contribution in [-0.4, -0.2) is 36.9 Å². The van der Waals surface area contributed by atoms with Gasteiger partial charge in [0.2, 0.25) is 0 Å². The number of ether oxygens (including phenoxy) is 1. The van der Waals surface area contributed by atoms with E-state index in [1.54, 1.807) is 0 Å². The quantitative estimate of drug-likeness (QED) is 0.672. The average Bonchev–Trinajstić information content (AvgIpc) is 3.03. The van der Waals surface area contributed by atoms with Gasteiger partial charge in [-0.15, -0.1) is 0 Å². The molecular formula is C19H29NO2. The van der Waals surface area contributed by atoms with E-state index in [0.717, 1.165) is 37.4 Å². The summed E-state index contributed by atoms with van der Waals surface area (Å²) in [6.07, 6.45) is 4.07. The Bertz CT molecular complexity index is 490. The molecule has 0 bridgehead atoms. The van der Waals surface area contributed by atoms with Crippen molar-refractivity contribution in [2.24, 2.45) is 0 Å². The highest BCUT2D eigenvalue weighted by atomic mass is 16.5. The summed E-state index contributed by atoms with van der Waals surface area (Å²) in [7, 11) is 0. The Morgan fingerprint density at radius 1 is 1.27 bits per heavy atom. The summed E-state index contributed by atoms with van der Waals surface area (Å²) < 4.78 is 5.78. The standard InChI is InChI=1S/C19H29NO2/c1-4-13-22-19-8-7-16(15(2)3)14-17(19)18(21)9-12-20-10-5-6-11-20/h7-8,14-15H,4-6,9-13H2,1-3H3. The van der Waals surface area contributed by atoms with E-state index in [9.17, 15) is 4.79 Å². The summed E-state index contributed by atoms with van der Waals surface area (Å²) in [5.41, 5.74) is 1.97. The number of rotatable bonds is 8. The van der Waals surface area contributed by atoms with E-state index in [1.165, 1.54) is 18.4 Å². The number of likely N-dealkylation sites (tertiary alicyclic amines) is 1. The van der Waals surface area contributed by atoms with Gasteiger partial charge < -0.3 is 9.64 Å². The number of hydrogen-bond donors (Lipinski definition) is 0. The molecule has 1 aromatic carbocycles. The molecule has 0 aromatic heterocycles. The van der Waals surface area contributed by atoms with Gasteiger partial charge in [-0.05, 0) is 56.0 Å². The number of nitrogens with zero attached hydrogens (tertiary/aromatic N) is 1. The molecule has 1 saturated heterocycles. The molecule has 0 N–H and O–H groups in total. The largest absolute Gasteiger partial charge is 0.493 e. The Morgan fingerprint density at radius 3 is 2.64 bits per heavy atom. The predicted octanol–water partition coefficient (Wildman–Crippen LogP) is 4.27. The second-order valence-electron chi connectivity index (χ2n) is 6.48. The van der Waals surface area contributed by atoms with Gasteiger partial charge in [-0.3, -0.25) is 4.79 Å². The molecule has 1 heterocycles. The van der Waals surface area contributed by atoms with E-state index < -0.39 is 0 Å². The van der Waals surface area contributed by atoms with Gasteiger partial charge in [-0.1, -0.05) is 26.8 Å². The third kappa shape index (κ3) is 4.57. The lowest BCUT2D eigenvalue weighted by molar-refractivity contribution is 0.0965. The fourth-order valence-electron chi connectivity index (χ4n) is 2.86. The molecule has 0 saturated carbocycles. The Kier molecular flexibility index (Phi) is 6.44. The molecule has 0 aliphatic carbocycles. The van der Waals surface area contributed by atoms with Crippen LogP contribution < -0.4 is 4.74 Å². The van der Waals surface area contributed by atoms with Crippen molar-refractivity contribution in [1.82, 2.24) is 4.90 Å². The summed E-state index contributed by atoms with van der Waals surface area (Å²) in [5.74, 6) is 1.38. The van der Waals surface area contributed by atoms with Gasteiger partial charge in [0.1, 0.15) is 5.75 Å². The summed E-state index contributed by atoms with van der Waals surface area (Å²) in [5, 5.41) is 0. The minimum Gasteiger partial charge on any atom is -0.493 e. The maximum Gasteiger partial charge on any atom is 0.167 e. The molecule has 0 amide bonds. The van der Waals surface area contributed by atoms with Crippen LogP contribution >= 0.6 is 0 Å². The molecule has 0 radical (unpaired) electrons. The van der Waals surface area contributed by atoms with Crippen LogP contribution in [0.2, 0.25) is 0 Å². The summed E-state index contributed by atoms with van der Waals surface area (Å²) in [4.78, 5) is 15.0. The van der Waals surface area contributed by atoms with E-state index >= 15 is 0 Å². The van der Waals surface area contributed by atoms with Crippen molar-refractivity contribution in [3.63, 3.8) is 0 Å². The molecule has 122 valence electrons. The summed E-state index contributed by atoms with van der Waals surface area (Å²) in [6, 6.07) is 6.07. The fourth-order valence-corrected chi connectivity index (χ4v) is 2.86. The minimum absolute atomic E-state index is 0.209. The van der Waals surface area contributed by atoms with Crippen LogP contribution in [0.4, 0.5) is 0 Å². The Labute approximate surface area is 134 Å². The molecule has 2 rings (SSSR count). The number of hydrogen-bond acceptors (Lipinski definition) is 3. The SMILES string of the molecule is CCCOc1ccc(C(C)C)cc1C(=O)CCN1CCCC1. The molecule has 0 unspecified atom stereocenters. The highest BCUT2D eigenvalue weighted by molar-refractivity contribution is 5.99. The van der Waals surface area contributed by atoms with Gasteiger partial charge in [0, 0.05) is 13.0 Å². The van der Waals surface area contributed by atoms with Crippen molar-refractivity contribution < 1.29 is 9.53 Å². The number of Topliss-reactive ketones (excluding diaryl/α,β-unsaturated/α-hetero) is 1. The van der Waals surface area contributed by atoms with Gasteiger partial charge >= 0.3 is 0 Å². The van der Waals surface area contributed by atoms with Gasteiger partial charge in [-0.25, -0.2) is 0 Å². The van der Waals surface area contributed by atoms with Gasteiger partial charge in [0.25, 0.3) is 0 Å². The predicted molar refractivity (Wildman–Crippen MR) is 90.9 cm³/mol. The molecule has 1 aliphatic rings. The first-order valence-corrected chi connectivity index (χ1v) is 8.64. The van der Waals surface area contributed by atoms with Crippen molar-refractivity contribution in [2.75, 3.05) is 26.2 Å². The third-order valence-electron chi connectivity index (χ3n) is 4.29. The summed E-state index contributed by atoms with van der Waals surface area (Å²) >= 11 is 0. The first kappa shape index (κ1) is 17.0. The van der Waals surface area contributed by atoms with Crippen molar-refractivity contribution >= 4 is 5.78 Å².